The quantitative estimate of drug-likeness (QED) is 0.376. The lowest BCUT2D eigenvalue weighted by Crippen LogP contribution is -2.44. The molecule has 0 aliphatic carbocycles. The van der Waals surface area contributed by atoms with Crippen LogP contribution in [0.2, 0.25) is 0 Å². The Morgan fingerprint density at radius 3 is 2.41 bits per heavy atom. The van der Waals surface area contributed by atoms with Gasteiger partial charge in [0.25, 0.3) is 11.6 Å². The normalized spacial score (nSPS) is 11.3. The van der Waals surface area contributed by atoms with Crippen LogP contribution in [0.25, 0.3) is 5.69 Å². The number of carbonyl (C=O) groups is 1. The molecule has 0 aliphatic rings. The van der Waals surface area contributed by atoms with Gasteiger partial charge in [-0.1, -0.05) is 4.68 Å². The van der Waals surface area contributed by atoms with Gasteiger partial charge in [-0.2, -0.15) is 13.2 Å². The van der Waals surface area contributed by atoms with Gasteiger partial charge in [-0.15, -0.1) is 5.10 Å². The second kappa shape index (κ2) is 7.91. The lowest BCUT2D eigenvalue weighted by atomic mass is 10.2. The second-order valence-corrected chi connectivity index (χ2v) is 6.45. The van der Waals surface area contributed by atoms with Gasteiger partial charge in [-0.25, -0.2) is 9.37 Å². The molecular weight excluding hydrogens is 416 g/mol. The maximum Gasteiger partial charge on any atom is 0.433 e. The zero-order valence-electron chi connectivity index (χ0n) is 14.2. The van der Waals surface area contributed by atoms with Crippen molar-refractivity contribution in [3.05, 3.63) is 76.2 Å². The summed E-state index contributed by atoms with van der Waals surface area (Å²) in [7, 11) is 0. The van der Waals surface area contributed by atoms with Crippen LogP contribution >= 0.6 is 11.9 Å². The number of pyridine rings is 1. The first-order valence-corrected chi connectivity index (χ1v) is 8.59. The van der Waals surface area contributed by atoms with Gasteiger partial charge in [0.1, 0.15) is 23.3 Å². The van der Waals surface area contributed by atoms with Crippen LogP contribution in [0.1, 0.15) is 16.1 Å². The van der Waals surface area contributed by atoms with Crippen LogP contribution in [0.15, 0.2) is 58.5 Å². The zero-order valence-corrected chi connectivity index (χ0v) is 15.0. The maximum atomic E-state index is 12.9. The summed E-state index contributed by atoms with van der Waals surface area (Å²) in [6.45, 7) is 0. The number of hydrogen-bond acceptors (Lipinski definition) is 5. The van der Waals surface area contributed by atoms with Crippen molar-refractivity contribution in [2.75, 3.05) is 0 Å². The number of aromatic nitrogens is 3. The number of hydrogen-bond donors (Lipinski definition) is 2. The fourth-order valence-electron chi connectivity index (χ4n) is 2.20. The van der Waals surface area contributed by atoms with Crippen LogP contribution in [0.4, 0.5) is 17.6 Å². The Hall–Kier alpha value is -3.41. The highest BCUT2D eigenvalue weighted by Gasteiger charge is 2.32. The van der Waals surface area contributed by atoms with Gasteiger partial charge in [-0.3, -0.25) is 14.3 Å². The Balaban J connectivity index is 1.81. The highest BCUT2D eigenvalue weighted by atomic mass is 32.2. The zero-order chi connectivity index (χ0) is 21.2. The van der Waals surface area contributed by atoms with Gasteiger partial charge in [-0.05, 0) is 48.0 Å². The Kier molecular flexibility index (Phi) is 5.55. The molecule has 12 heteroatoms. The van der Waals surface area contributed by atoms with E-state index in [-0.39, 0.29) is 5.69 Å². The van der Waals surface area contributed by atoms with E-state index in [0.29, 0.717) is 11.0 Å². The predicted molar refractivity (Wildman–Crippen MR) is 90.6 cm³/mol. The van der Waals surface area contributed by atoms with Crippen molar-refractivity contribution in [3.63, 3.8) is 0 Å². The largest absolute Gasteiger partial charge is 0.868 e. The molecule has 1 aromatic carbocycles. The number of nitrogens with zero attached hydrogens (tertiary/aromatic N) is 2. The van der Waals surface area contributed by atoms with Gasteiger partial charge >= 0.3 is 11.7 Å². The van der Waals surface area contributed by atoms with Crippen LogP contribution in [-0.4, -0.2) is 16.0 Å². The lowest BCUT2D eigenvalue weighted by molar-refractivity contribution is -0.664. The van der Waals surface area contributed by atoms with E-state index in [1.807, 2.05) is 0 Å². The molecule has 0 fully saturated rings. The number of nitrogens with one attached hydrogen (secondary N) is 2. The lowest BCUT2D eigenvalue weighted by Gasteiger charge is -2.10. The predicted octanol–water partition coefficient (Wildman–Crippen LogP) is 1.72. The van der Waals surface area contributed by atoms with E-state index in [4.69, 9.17) is 0 Å². The van der Waals surface area contributed by atoms with E-state index in [2.05, 4.69) is 14.8 Å². The molecule has 0 atom stereocenters. The molecule has 0 unspecified atom stereocenters. The SMILES string of the molecule is O=C(NSc1ccc(F)cc1)c1c([O-])c[n+](-c2ccc(C(F)(F)F)nc2)[nH]c1=O. The third-order valence-electron chi connectivity index (χ3n) is 3.56. The molecule has 29 heavy (non-hydrogen) atoms. The Morgan fingerprint density at radius 1 is 1.17 bits per heavy atom. The molecule has 2 aromatic heterocycles. The summed E-state index contributed by atoms with van der Waals surface area (Å²) in [6.07, 6.45) is -2.98. The number of alkyl halides is 3. The molecule has 0 saturated carbocycles. The Bertz CT molecular complexity index is 1100. The minimum absolute atomic E-state index is 0.0140. The third-order valence-corrected chi connectivity index (χ3v) is 4.36. The van der Waals surface area contributed by atoms with Crippen LogP contribution < -0.4 is 20.1 Å². The van der Waals surface area contributed by atoms with Crippen molar-refractivity contribution in [3.8, 4) is 11.4 Å². The summed E-state index contributed by atoms with van der Waals surface area (Å²) in [4.78, 5) is 28.0. The highest BCUT2D eigenvalue weighted by Crippen LogP contribution is 2.27. The average molecular weight is 426 g/mol. The average Bonchev–Trinajstić information content (AvgIpc) is 2.66. The van der Waals surface area contributed by atoms with Crippen molar-refractivity contribution >= 4 is 17.9 Å². The smallest absolute Gasteiger partial charge is 0.433 e. The van der Waals surface area contributed by atoms with Gasteiger partial charge < -0.3 is 5.11 Å². The summed E-state index contributed by atoms with van der Waals surface area (Å²) >= 11 is 0.773. The minimum Gasteiger partial charge on any atom is -0.868 e. The summed E-state index contributed by atoms with van der Waals surface area (Å²) < 4.78 is 53.7. The second-order valence-electron chi connectivity index (χ2n) is 5.57. The van der Waals surface area contributed by atoms with E-state index in [9.17, 15) is 32.3 Å². The number of benzene rings is 1. The first-order valence-electron chi connectivity index (χ1n) is 7.77. The van der Waals surface area contributed by atoms with Gasteiger partial charge in [0.2, 0.25) is 0 Å². The highest BCUT2D eigenvalue weighted by molar-refractivity contribution is 7.98. The van der Waals surface area contributed by atoms with E-state index < -0.39 is 40.5 Å². The monoisotopic (exact) mass is 426 g/mol. The molecule has 2 heterocycles. The molecule has 3 rings (SSSR count). The standard InChI is InChI=1S/C17H10F4N4O3S/c18-9-1-4-11(5-2-9)29-24-16(28)14-12(26)8-25(23-15(14)27)10-3-6-13(22-7-10)17(19,20)21/h1-8H,(H2-,23,24,26,27,28). The van der Waals surface area contributed by atoms with Crippen molar-refractivity contribution in [1.29, 1.82) is 0 Å². The van der Waals surface area contributed by atoms with Gasteiger partial charge in [0.15, 0.2) is 6.20 Å². The number of aromatic amines is 1. The molecule has 0 radical (unpaired) electrons. The first kappa shape index (κ1) is 20.3. The molecule has 7 nitrogen and oxygen atoms in total. The number of H-pyrrole nitrogens is 1. The molecule has 0 saturated heterocycles. The molecule has 0 bridgehead atoms. The van der Waals surface area contributed by atoms with E-state index in [0.717, 1.165) is 35.1 Å². The fraction of sp³-hybridized carbons (Fsp3) is 0.0588. The van der Waals surface area contributed by atoms with Crippen LogP contribution in [0.3, 0.4) is 0 Å². The molecule has 150 valence electrons. The number of rotatable bonds is 4. The van der Waals surface area contributed by atoms with Crippen molar-refractivity contribution in [2.24, 2.45) is 0 Å². The summed E-state index contributed by atoms with van der Waals surface area (Å²) in [5, 5.41) is 14.4. The molecule has 2 N–H and O–H groups in total. The summed E-state index contributed by atoms with van der Waals surface area (Å²) in [6, 6.07) is 6.81. The Morgan fingerprint density at radius 2 is 1.86 bits per heavy atom. The number of halogens is 4. The summed E-state index contributed by atoms with van der Waals surface area (Å²) in [5.41, 5.74) is -2.91. The van der Waals surface area contributed by atoms with E-state index >= 15 is 0 Å². The topological polar surface area (TPSA) is 102 Å². The van der Waals surface area contributed by atoms with Crippen LogP contribution in [-0.2, 0) is 6.18 Å². The van der Waals surface area contributed by atoms with Gasteiger partial charge in [0.05, 0.1) is 0 Å². The molecule has 1 amide bonds. The van der Waals surface area contributed by atoms with Crippen molar-refractivity contribution in [2.45, 2.75) is 11.1 Å². The van der Waals surface area contributed by atoms with Crippen LogP contribution in [0, 0.1) is 5.82 Å². The van der Waals surface area contributed by atoms with E-state index in [1.165, 1.54) is 24.3 Å². The van der Waals surface area contributed by atoms with Crippen molar-refractivity contribution < 1.29 is 32.1 Å². The molecular formula is C17H10F4N4O3S. The maximum absolute atomic E-state index is 12.9. The minimum atomic E-state index is -4.63. The molecule has 0 spiro atoms. The van der Waals surface area contributed by atoms with E-state index in [1.54, 1.807) is 0 Å². The van der Waals surface area contributed by atoms with Gasteiger partial charge in [0, 0.05) is 11.0 Å². The number of amides is 1. The summed E-state index contributed by atoms with van der Waals surface area (Å²) in [5.74, 6) is -2.40. The molecule has 3 aromatic rings. The first-order chi connectivity index (χ1) is 13.6. The fourth-order valence-corrected chi connectivity index (χ4v) is 2.79. The Labute approximate surface area is 164 Å². The number of carbonyl (C=O) groups excluding carboxylic acids is 1. The molecule has 0 aliphatic heterocycles. The van der Waals surface area contributed by atoms with Crippen LogP contribution in [0.5, 0.6) is 5.75 Å². The van der Waals surface area contributed by atoms with Crippen molar-refractivity contribution in [1.82, 2.24) is 14.8 Å². The third kappa shape index (κ3) is 4.71.